The lowest BCUT2D eigenvalue weighted by Gasteiger charge is -2.02. The van der Waals surface area contributed by atoms with Crippen LogP contribution in [0.2, 0.25) is 0 Å². The molecule has 0 unspecified atom stereocenters. The maximum absolute atomic E-state index is 11.9. The van der Waals surface area contributed by atoms with Gasteiger partial charge in [0.25, 0.3) is 0 Å². The van der Waals surface area contributed by atoms with Gasteiger partial charge >= 0.3 is 0 Å². The zero-order chi connectivity index (χ0) is 17.6. The van der Waals surface area contributed by atoms with Gasteiger partial charge in [-0.1, -0.05) is 36.4 Å². The SMILES string of the molecule is COCC(=O)CNC(=O)Cc1nc2ccc(-c3ccccc3)cc2s1. The third-order valence-corrected chi connectivity index (χ3v) is 4.66. The Balaban J connectivity index is 1.69. The van der Waals surface area contributed by atoms with Crippen LogP contribution in [0.5, 0.6) is 0 Å². The van der Waals surface area contributed by atoms with Crippen LogP contribution in [-0.2, 0) is 20.7 Å². The van der Waals surface area contributed by atoms with Crippen LogP contribution in [0.3, 0.4) is 0 Å². The highest BCUT2D eigenvalue weighted by Gasteiger charge is 2.11. The molecule has 0 saturated carbocycles. The number of hydrogen-bond donors (Lipinski definition) is 1. The van der Waals surface area contributed by atoms with Crippen molar-refractivity contribution < 1.29 is 14.3 Å². The predicted octanol–water partition coefficient (Wildman–Crippen LogP) is 2.84. The number of nitrogens with one attached hydrogen (secondary N) is 1. The Kier molecular flexibility index (Phi) is 5.53. The second kappa shape index (κ2) is 8.00. The summed E-state index contributed by atoms with van der Waals surface area (Å²) in [5, 5.41) is 3.33. The number of amides is 1. The molecule has 1 N–H and O–H groups in total. The summed E-state index contributed by atoms with van der Waals surface area (Å²) in [4.78, 5) is 27.8. The number of rotatable bonds is 7. The normalized spacial score (nSPS) is 10.8. The van der Waals surface area contributed by atoms with Crippen molar-refractivity contribution in [3.05, 3.63) is 53.5 Å². The Bertz CT molecular complexity index is 890. The summed E-state index contributed by atoms with van der Waals surface area (Å²) in [5.74, 6) is -0.376. The molecule has 3 aromatic rings. The Morgan fingerprint density at radius 1 is 1.12 bits per heavy atom. The molecule has 25 heavy (non-hydrogen) atoms. The van der Waals surface area contributed by atoms with Crippen molar-refractivity contribution in [2.45, 2.75) is 6.42 Å². The van der Waals surface area contributed by atoms with Gasteiger partial charge in [-0.3, -0.25) is 9.59 Å². The average Bonchev–Trinajstić information content (AvgIpc) is 3.02. The monoisotopic (exact) mass is 354 g/mol. The molecule has 1 aromatic heterocycles. The molecule has 0 aliphatic rings. The fourth-order valence-electron chi connectivity index (χ4n) is 2.47. The molecule has 6 heteroatoms. The molecule has 2 aromatic carbocycles. The number of fused-ring (bicyclic) bond motifs is 1. The van der Waals surface area contributed by atoms with Crippen molar-refractivity contribution in [3.63, 3.8) is 0 Å². The second-order valence-electron chi connectivity index (χ2n) is 5.58. The minimum absolute atomic E-state index is 0.00365. The highest BCUT2D eigenvalue weighted by atomic mass is 32.1. The van der Waals surface area contributed by atoms with Crippen molar-refractivity contribution in [2.75, 3.05) is 20.3 Å². The third kappa shape index (κ3) is 4.49. The molecule has 0 fully saturated rings. The number of aromatic nitrogens is 1. The van der Waals surface area contributed by atoms with E-state index in [1.807, 2.05) is 30.3 Å². The van der Waals surface area contributed by atoms with Crippen molar-refractivity contribution in [2.24, 2.45) is 0 Å². The van der Waals surface area contributed by atoms with Crippen molar-refractivity contribution in [1.29, 1.82) is 0 Å². The van der Waals surface area contributed by atoms with Crippen LogP contribution in [0.1, 0.15) is 5.01 Å². The van der Waals surface area contributed by atoms with E-state index in [9.17, 15) is 9.59 Å². The molecular formula is C19H18N2O3S. The summed E-state index contributed by atoms with van der Waals surface area (Å²) in [6, 6.07) is 16.2. The van der Waals surface area contributed by atoms with Gasteiger partial charge < -0.3 is 10.1 Å². The largest absolute Gasteiger partial charge is 0.377 e. The number of carbonyl (C=O) groups excluding carboxylic acids is 2. The zero-order valence-electron chi connectivity index (χ0n) is 13.8. The first-order valence-corrected chi connectivity index (χ1v) is 8.69. The molecule has 1 heterocycles. The second-order valence-corrected chi connectivity index (χ2v) is 6.70. The molecule has 0 aliphatic carbocycles. The first-order chi connectivity index (χ1) is 12.2. The van der Waals surface area contributed by atoms with Gasteiger partial charge in [-0.15, -0.1) is 11.3 Å². The van der Waals surface area contributed by atoms with Crippen LogP contribution in [0, 0.1) is 0 Å². The van der Waals surface area contributed by atoms with E-state index in [2.05, 4.69) is 28.5 Å². The summed E-state index contributed by atoms with van der Waals surface area (Å²) >= 11 is 1.50. The van der Waals surface area contributed by atoms with Gasteiger partial charge in [0.05, 0.1) is 23.2 Å². The molecule has 0 spiro atoms. The number of ether oxygens (including phenoxy) is 1. The predicted molar refractivity (Wildman–Crippen MR) is 98.7 cm³/mol. The van der Waals surface area contributed by atoms with Crippen LogP contribution >= 0.6 is 11.3 Å². The summed E-state index contributed by atoms with van der Waals surface area (Å²) in [6.45, 7) is -0.0145. The van der Waals surface area contributed by atoms with Crippen LogP contribution < -0.4 is 5.32 Å². The highest BCUT2D eigenvalue weighted by molar-refractivity contribution is 7.18. The number of methoxy groups -OCH3 is 1. The number of Topliss-reactive ketones (excluding diaryl/α,β-unsaturated/α-hetero) is 1. The number of ketones is 1. The lowest BCUT2D eigenvalue weighted by molar-refractivity contribution is -0.126. The van der Waals surface area contributed by atoms with E-state index in [1.165, 1.54) is 18.4 Å². The number of nitrogens with zero attached hydrogens (tertiary/aromatic N) is 1. The van der Waals surface area contributed by atoms with E-state index in [0.717, 1.165) is 26.4 Å². The Morgan fingerprint density at radius 2 is 1.92 bits per heavy atom. The molecule has 0 bridgehead atoms. The smallest absolute Gasteiger partial charge is 0.227 e. The fourth-order valence-corrected chi connectivity index (χ4v) is 3.47. The van der Waals surface area contributed by atoms with Crippen LogP contribution in [-0.4, -0.2) is 36.9 Å². The summed E-state index contributed by atoms with van der Waals surface area (Å²) in [6.07, 6.45) is 0.167. The molecule has 0 aliphatic heterocycles. The van der Waals surface area contributed by atoms with E-state index in [0.29, 0.717) is 0 Å². The molecule has 0 radical (unpaired) electrons. The Hall–Kier alpha value is -2.57. The van der Waals surface area contributed by atoms with E-state index >= 15 is 0 Å². The summed E-state index contributed by atoms with van der Waals surface area (Å²) in [7, 11) is 1.45. The van der Waals surface area contributed by atoms with Gasteiger partial charge in [-0.25, -0.2) is 4.98 Å². The molecule has 128 valence electrons. The Morgan fingerprint density at radius 3 is 2.68 bits per heavy atom. The highest BCUT2D eigenvalue weighted by Crippen LogP contribution is 2.28. The van der Waals surface area contributed by atoms with E-state index in [4.69, 9.17) is 4.74 Å². The standard InChI is InChI=1S/C19H18N2O3S/c1-24-12-15(22)11-20-18(23)10-19-21-16-8-7-14(9-17(16)25-19)13-5-3-2-4-6-13/h2-9H,10-12H2,1H3,(H,20,23). The van der Waals surface area contributed by atoms with Gasteiger partial charge in [-0.2, -0.15) is 0 Å². The molecule has 3 rings (SSSR count). The average molecular weight is 354 g/mol. The summed E-state index contributed by atoms with van der Waals surface area (Å²) < 4.78 is 5.77. The minimum atomic E-state index is -0.216. The van der Waals surface area contributed by atoms with Gasteiger partial charge in [0.15, 0.2) is 5.78 Å². The fraction of sp³-hybridized carbons (Fsp3) is 0.211. The topological polar surface area (TPSA) is 68.3 Å². The van der Waals surface area contributed by atoms with Crippen molar-refractivity contribution in [1.82, 2.24) is 10.3 Å². The van der Waals surface area contributed by atoms with E-state index in [-0.39, 0.29) is 31.3 Å². The van der Waals surface area contributed by atoms with Gasteiger partial charge in [0, 0.05) is 7.11 Å². The van der Waals surface area contributed by atoms with E-state index in [1.54, 1.807) is 0 Å². The molecular weight excluding hydrogens is 336 g/mol. The molecule has 1 amide bonds. The van der Waals surface area contributed by atoms with E-state index < -0.39 is 0 Å². The third-order valence-electron chi connectivity index (χ3n) is 3.64. The quantitative estimate of drug-likeness (QED) is 0.708. The lowest BCUT2D eigenvalue weighted by Crippen LogP contribution is -2.32. The zero-order valence-corrected chi connectivity index (χ0v) is 14.6. The lowest BCUT2D eigenvalue weighted by atomic mass is 10.1. The maximum Gasteiger partial charge on any atom is 0.227 e. The van der Waals surface area contributed by atoms with Crippen LogP contribution in [0.15, 0.2) is 48.5 Å². The number of thiazole rings is 1. The van der Waals surface area contributed by atoms with Crippen LogP contribution in [0.25, 0.3) is 21.3 Å². The number of carbonyl (C=O) groups is 2. The molecule has 0 saturated heterocycles. The maximum atomic E-state index is 11.9. The van der Waals surface area contributed by atoms with Gasteiger partial charge in [-0.05, 0) is 23.3 Å². The molecule has 0 atom stereocenters. The van der Waals surface area contributed by atoms with Gasteiger partial charge in [0.1, 0.15) is 11.6 Å². The number of hydrogen-bond acceptors (Lipinski definition) is 5. The van der Waals surface area contributed by atoms with Gasteiger partial charge in [0.2, 0.25) is 5.91 Å². The van der Waals surface area contributed by atoms with Crippen molar-refractivity contribution in [3.8, 4) is 11.1 Å². The Labute approximate surface area is 149 Å². The van der Waals surface area contributed by atoms with Crippen molar-refractivity contribution >= 4 is 33.2 Å². The minimum Gasteiger partial charge on any atom is -0.377 e. The first-order valence-electron chi connectivity index (χ1n) is 7.88. The summed E-state index contributed by atoms with van der Waals surface area (Å²) in [5.41, 5.74) is 3.15. The molecule has 5 nitrogen and oxygen atoms in total. The first kappa shape index (κ1) is 17.3. The van der Waals surface area contributed by atoms with Crippen LogP contribution in [0.4, 0.5) is 0 Å². The number of benzene rings is 2.